The van der Waals surface area contributed by atoms with Gasteiger partial charge in [0, 0.05) is 5.56 Å². The minimum Gasteiger partial charge on any atom is -0.508 e. The summed E-state index contributed by atoms with van der Waals surface area (Å²) in [5.74, 6) is 1.14. The zero-order valence-electron chi connectivity index (χ0n) is 9.34. The van der Waals surface area contributed by atoms with Gasteiger partial charge in [0.1, 0.15) is 18.1 Å². The number of aromatic hydroxyl groups is 1. The lowest BCUT2D eigenvalue weighted by Crippen LogP contribution is -2.00. The van der Waals surface area contributed by atoms with Crippen molar-refractivity contribution in [2.24, 2.45) is 0 Å². The number of rotatable bonds is 1. The number of benzene rings is 2. The van der Waals surface area contributed by atoms with Crippen molar-refractivity contribution in [1.29, 1.82) is 0 Å². The average Bonchev–Trinajstić information content (AvgIpc) is 2.42. The van der Waals surface area contributed by atoms with Crippen molar-refractivity contribution in [1.82, 2.24) is 0 Å². The van der Waals surface area contributed by atoms with E-state index in [9.17, 15) is 0 Å². The highest BCUT2D eigenvalue weighted by atomic mass is 16.5. The van der Waals surface area contributed by atoms with Crippen molar-refractivity contribution in [3.8, 4) is 11.5 Å². The Labute approximate surface area is 99.9 Å². The number of aliphatic hydroxyl groups is 1. The van der Waals surface area contributed by atoms with Gasteiger partial charge < -0.3 is 14.9 Å². The SMILES string of the molecule is OCc1ccccc1O.c1cc2ccc1CO2. The number of hydrogen-bond acceptors (Lipinski definition) is 3. The minimum absolute atomic E-state index is 0.104. The lowest BCUT2D eigenvalue weighted by atomic mass is 10.2. The van der Waals surface area contributed by atoms with Crippen LogP contribution in [0.1, 0.15) is 11.1 Å². The van der Waals surface area contributed by atoms with E-state index >= 15 is 0 Å². The third kappa shape index (κ3) is 2.98. The van der Waals surface area contributed by atoms with Gasteiger partial charge in [-0.1, -0.05) is 30.3 Å². The summed E-state index contributed by atoms with van der Waals surface area (Å²) in [5, 5.41) is 17.5. The smallest absolute Gasteiger partial charge is 0.121 e. The second kappa shape index (κ2) is 5.37. The van der Waals surface area contributed by atoms with Gasteiger partial charge >= 0.3 is 0 Å². The molecular weight excluding hydrogens is 216 g/mol. The first-order valence-corrected chi connectivity index (χ1v) is 5.39. The third-order valence-electron chi connectivity index (χ3n) is 2.49. The highest BCUT2D eigenvalue weighted by Crippen LogP contribution is 2.19. The number of hydrogen-bond donors (Lipinski definition) is 2. The van der Waals surface area contributed by atoms with Crippen LogP contribution in [-0.4, -0.2) is 10.2 Å². The second-order valence-electron chi connectivity index (χ2n) is 3.72. The van der Waals surface area contributed by atoms with Crippen molar-refractivity contribution in [3.05, 3.63) is 59.7 Å². The number of ether oxygens (including phenoxy) is 1. The molecule has 2 aromatic carbocycles. The normalized spacial score (nSPS) is 11.4. The summed E-state index contributed by atoms with van der Waals surface area (Å²) in [7, 11) is 0. The number of fused-ring (bicyclic) bond motifs is 3. The topological polar surface area (TPSA) is 49.7 Å². The maximum Gasteiger partial charge on any atom is 0.121 e. The van der Waals surface area contributed by atoms with Crippen LogP contribution in [0.15, 0.2) is 48.5 Å². The molecule has 0 amide bonds. The summed E-state index contributed by atoms with van der Waals surface area (Å²) in [6.45, 7) is 0.662. The largest absolute Gasteiger partial charge is 0.508 e. The van der Waals surface area contributed by atoms with Gasteiger partial charge in [-0.2, -0.15) is 0 Å². The predicted octanol–water partition coefficient (Wildman–Crippen LogP) is 2.46. The minimum atomic E-state index is -0.104. The van der Waals surface area contributed by atoms with Crippen LogP contribution in [0.3, 0.4) is 0 Å². The fourth-order valence-corrected chi connectivity index (χ4v) is 1.49. The molecule has 17 heavy (non-hydrogen) atoms. The van der Waals surface area contributed by atoms with E-state index in [1.54, 1.807) is 24.3 Å². The van der Waals surface area contributed by atoms with Crippen molar-refractivity contribution in [3.63, 3.8) is 0 Å². The Morgan fingerprint density at radius 2 is 1.71 bits per heavy atom. The van der Waals surface area contributed by atoms with Gasteiger partial charge in [0.25, 0.3) is 0 Å². The van der Waals surface area contributed by atoms with E-state index in [1.807, 2.05) is 12.1 Å². The Morgan fingerprint density at radius 3 is 2.00 bits per heavy atom. The van der Waals surface area contributed by atoms with Crippen LogP contribution in [0.5, 0.6) is 11.5 Å². The summed E-state index contributed by atoms with van der Waals surface area (Å²) >= 11 is 0. The van der Waals surface area contributed by atoms with Gasteiger partial charge in [-0.25, -0.2) is 0 Å². The summed E-state index contributed by atoms with van der Waals surface area (Å²) in [5.41, 5.74) is 1.83. The molecule has 2 aliphatic rings. The van der Waals surface area contributed by atoms with Gasteiger partial charge in [-0.05, 0) is 23.8 Å². The van der Waals surface area contributed by atoms with E-state index in [4.69, 9.17) is 14.9 Å². The number of para-hydroxylation sites is 1. The number of aliphatic hydroxyl groups excluding tert-OH is 1. The molecule has 4 rings (SSSR count). The molecule has 3 heteroatoms. The van der Waals surface area contributed by atoms with Crippen LogP contribution < -0.4 is 4.74 Å². The van der Waals surface area contributed by atoms with Gasteiger partial charge in [0.05, 0.1) is 6.61 Å². The molecule has 2 N–H and O–H groups in total. The van der Waals surface area contributed by atoms with Crippen LogP contribution in [0, 0.1) is 0 Å². The molecule has 3 nitrogen and oxygen atoms in total. The fraction of sp³-hybridized carbons (Fsp3) is 0.143. The zero-order valence-corrected chi connectivity index (χ0v) is 9.34. The maximum absolute atomic E-state index is 8.95. The molecule has 2 heterocycles. The molecule has 0 radical (unpaired) electrons. The van der Waals surface area contributed by atoms with Gasteiger partial charge in [0.2, 0.25) is 0 Å². The second-order valence-corrected chi connectivity index (χ2v) is 3.72. The van der Waals surface area contributed by atoms with Crippen LogP contribution in [0.25, 0.3) is 0 Å². The molecule has 2 aromatic rings. The molecule has 0 atom stereocenters. The Kier molecular flexibility index (Phi) is 3.62. The first-order chi connectivity index (χ1) is 8.29. The molecule has 0 aromatic heterocycles. The first kappa shape index (κ1) is 11.5. The molecule has 0 saturated carbocycles. The van der Waals surface area contributed by atoms with Gasteiger partial charge in [-0.3, -0.25) is 0 Å². The van der Waals surface area contributed by atoms with E-state index in [0.29, 0.717) is 5.56 Å². The van der Waals surface area contributed by atoms with Crippen molar-refractivity contribution in [2.75, 3.05) is 0 Å². The molecular formula is C14H14O3. The van der Waals surface area contributed by atoms with E-state index in [0.717, 1.165) is 12.4 Å². The quantitative estimate of drug-likeness (QED) is 0.791. The molecule has 0 aliphatic carbocycles. The Morgan fingerprint density at radius 1 is 1.00 bits per heavy atom. The average molecular weight is 230 g/mol. The first-order valence-electron chi connectivity index (χ1n) is 5.39. The van der Waals surface area contributed by atoms with Crippen molar-refractivity contribution < 1.29 is 14.9 Å². The van der Waals surface area contributed by atoms with E-state index in [1.165, 1.54) is 5.56 Å². The highest BCUT2D eigenvalue weighted by molar-refractivity contribution is 5.31. The van der Waals surface area contributed by atoms with Crippen molar-refractivity contribution >= 4 is 0 Å². The highest BCUT2D eigenvalue weighted by Gasteiger charge is 2.01. The summed E-state index contributed by atoms with van der Waals surface area (Å²) in [6.07, 6.45) is 0. The summed E-state index contributed by atoms with van der Waals surface area (Å²) < 4.78 is 5.18. The third-order valence-corrected chi connectivity index (χ3v) is 2.49. The van der Waals surface area contributed by atoms with Gasteiger partial charge in [0.15, 0.2) is 0 Å². The predicted molar refractivity (Wildman–Crippen MR) is 64.8 cm³/mol. The van der Waals surface area contributed by atoms with Crippen LogP contribution >= 0.6 is 0 Å². The van der Waals surface area contributed by atoms with E-state index in [-0.39, 0.29) is 12.4 Å². The molecule has 0 fully saturated rings. The van der Waals surface area contributed by atoms with Crippen molar-refractivity contribution in [2.45, 2.75) is 13.2 Å². The lowest BCUT2D eigenvalue weighted by molar-refractivity contribution is 0.275. The number of phenols is 1. The standard InChI is InChI=1S/C7H8O2.C7H6O/c8-5-6-3-1-2-4-7(6)9;1-3-7-4-2-6(1)5-8-7/h1-4,8-9H,5H2;1-4H,5H2. The summed E-state index contributed by atoms with van der Waals surface area (Å²) in [6, 6.07) is 14.8. The van der Waals surface area contributed by atoms with Crippen LogP contribution in [0.4, 0.5) is 0 Å². The lowest BCUT2D eigenvalue weighted by Gasteiger charge is -2.11. The monoisotopic (exact) mass is 230 g/mol. The molecule has 2 bridgehead atoms. The molecule has 0 spiro atoms. The van der Waals surface area contributed by atoms with Crippen LogP contribution in [-0.2, 0) is 13.2 Å². The van der Waals surface area contributed by atoms with Crippen LogP contribution in [0.2, 0.25) is 0 Å². The molecule has 0 unspecified atom stereocenters. The molecule has 2 aliphatic heterocycles. The zero-order chi connectivity index (χ0) is 12.1. The Hall–Kier alpha value is -2.00. The Bertz CT molecular complexity index is 454. The summed E-state index contributed by atoms with van der Waals surface area (Å²) in [4.78, 5) is 0. The molecule has 0 saturated heterocycles. The van der Waals surface area contributed by atoms with E-state index < -0.39 is 0 Å². The fourth-order valence-electron chi connectivity index (χ4n) is 1.49. The maximum atomic E-state index is 8.95. The van der Waals surface area contributed by atoms with E-state index in [2.05, 4.69) is 12.1 Å². The Balaban J connectivity index is 0.000000127. The molecule has 88 valence electrons. The van der Waals surface area contributed by atoms with Gasteiger partial charge in [-0.15, -0.1) is 0 Å².